The van der Waals surface area contributed by atoms with Crippen molar-refractivity contribution in [3.05, 3.63) is 42.2 Å². The molecule has 0 fully saturated rings. The molecule has 2 aromatic rings. The topological polar surface area (TPSA) is 72.9 Å². The van der Waals surface area contributed by atoms with Gasteiger partial charge in [0, 0.05) is 17.4 Å². The third kappa shape index (κ3) is 3.34. The Labute approximate surface area is 112 Å². The minimum absolute atomic E-state index is 0.185. The average Bonchev–Trinajstić information content (AvgIpc) is 2.75. The zero-order valence-electron chi connectivity index (χ0n) is 11.3. The quantitative estimate of drug-likeness (QED) is 0.809. The highest BCUT2D eigenvalue weighted by molar-refractivity contribution is 5.92. The molecule has 1 aromatic carbocycles. The Morgan fingerprint density at radius 2 is 2.05 bits per heavy atom. The van der Waals surface area contributed by atoms with Crippen molar-refractivity contribution < 1.29 is 4.79 Å². The van der Waals surface area contributed by atoms with Gasteiger partial charge in [0.1, 0.15) is 0 Å². The molecule has 0 aliphatic heterocycles. The number of rotatable bonds is 2. The molecular formula is C14H18N4O. The second-order valence-electron chi connectivity index (χ2n) is 5.44. The summed E-state index contributed by atoms with van der Waals surface area (Å²) in [5.41, 5.74) is 7.32. The van der Waals surface area contributed by atoms with Crippen LogP contribution in [-0.2, 0) is 0 Å². The summed E-state index contributed by atoms with van der Waals surface area (Å²) in [5.74, 6) is -0.185. The van der Waals surface area contributed by atoms with E-state index < -0.39 is 0 Å². The van der Waals surface area contributed by atoms with Gasteiger partial charge < -0.3 is 11.1 Å². The summed E-state index contributed by atoms with van der Waals surface area (Å²) < 4.78 is 1.63. The van der Waals surface area contributed by atoms with E-state index in [0.717, 1.165) is 5.69 Å². The molecule has 0 radical (unpaired) electrons. The van der Waals surface area contributed by atoms with Gasteiger partial charge in [0.2, 0.25) is 0 Å². The molecule has 2 rings (SSSR count). The molecule has 5 heteroatoms. The van der Waals surface area contributed by atoms with Crippen molar-refractivity contribution >= 4 is 11.6 Å². The second kappa shape index (κ2) is 4.76. The van der Waals surface area contributed by atoms with Gasteiger partial charge in [-0.05, 0) is 45.0 Å². The SMILES string of the molecule is CC(C)(C)NC(=O)c1ccn(-c2cccc(N)c2)n1. The molecule has 0 bridgehead atoms. The van der Waals surface area contributed by atoms with Gasteiger partial charge in [0.25, 0.3) is 5.91 Å². The smallest absolute Gasteiger partial charge is 0.272 e. The minimum Gasteiger partial charge on any atom is -0.399 e. The molecule has 1 aromatic heterocycles. The van der Waals surface area contributed by atoms with Crippen LogP contribution in [0.25, 0.3) is 5.69 Å². The number of nitrogens with zero attached hydrogens (tertiary/aromatic N) is 2. The molecule has 19 heavy (non-hydrogen) atoms. The molecule has 5 nitrogen and oxygen atoms in total. The summed E-state index contributed by atoms with van der Waals surface area (Å²) in [4.78, 5) is 12.0. The van der Waals surface area contributed by atoms with Crippen LogP contribution >= 0.6 is 0 Å². The van der Waals surface area contributed by atoms with Crippen molar-refractivity contribution in [2.24, 2.45) is 0 Å². The predicted octanol–water partition coefficient (Wildman–Crippen LogP) is 1.98. The van der Waals surface area contributed by atoms with E-state index >= 15 is 0 Å². The lowest BCUT2D eigenvalue weighted by atomic mass is 10.1. The number of anilines is 1. The summed E-state index contributed by atoms with van der Waals surface area (Å²) in [7, 11) is 0. The van der Waals surface area contributed by atoms with Crippen LogP contribution in [0.2, 0.25) is 0 Å². The van der Waals surface area contributed by atoms with E-state index in [4.69, 9.17) is 5.73 Å². The first kappa shape index (κ1) is 13.1. The first-order chi connectivity index (χ1) is 8.85. The molecular weight excluding hydrogens is 240 g/mol. The number of carbonyl (C=O) groups is 1. The number of nitrogens with two attached hydrogens (primary N) is 1. The summed E-state index contributed by atoms with van der Waals surface area (Å²) in [6.07, 6.45) is 1.74. The summed E-state index contributed by atoms with van der Waals surface area (Å²) in [6.45, 7) is 5.79. The Morgan fingerprint density at radius 3 is 2.68 bits per heavy atom. The van der Waals surface area contributed by atoms with Crippen LogP contribution in [-0.4, -0.2) is 21.2 Å². The first-order valence-corrected chi connectivity index (χ1v) is 6.09. The maximum Gasteiger partial charge on any atom is 0.272 e. The maximum absolute atomic E-state index is 12.0. The number of hydrogen-bond acceptors (Lipinski definition) is 3. The van der Waals surface area contributed by atoms with Crippen molar-refractivity contribution in [2.45, 2.75) is 26.3 Å². The lowest BCUT2D eigenvalue weighted by molar-refractivity contribution is 0.0914. The van der Waals surface area contributed by atoms with Crippen LogP contribution in [0, 0.1) is 0 Å². The van der Waals surface area contributed by atoms with Crippen molar-refractivity contribution in [2.75, 3.05) is 5.73 Å². The van der Waals surface area contributed by atoms with E-state index in [9.17, 15) is 4.79 Å². The lowest BCUT2D eigenvalue weighted by Gasteiger charge is -2.19. The molecule has 3 N–H and O–H groups in total. The first-order valence-electron chi connectivity index (χ1n) is 6.09. The highest BCUT2D eigenvalue weighted by Crippen LogP contribution is 2.12. The van der Waals surface area contributed by atoms with Crippen LogP contribution in [0.4, 0.5) is 5.69 Å². The Hall–Kier alpha value is -2.30. The summed E-state index contributed by atoms with van der Waals surface area (Å²) in [5, 5.41) is 7.13. The number of nitrogen functional groups attached to an aromatic ring is 1. The third-order valence-electron chi connectivity index (χ3n) is 2.44. The van der Waals surface area contributed by atoms with Crippen LogP contribution in [0.3, 0.4) is 0 Å². The maximum atomic E-state index is 12.0. The normalized spacial score (nSPS) is 11.3. The Morgan fingerprint density at radius 1 is 1.32 bits per heavy atom. The van der Waals surface area contributed by atoms with Crippen LogP contribution < -0.4 is 11.1 Å². The molecule has 0 saturated heterocycles. The van der Waals surface area contributed by atoms with Gasteiger partial charge in [-0.2, -0.15) is 5.10 Å². The lowest BCUT2D eigenvalue weighted by Crippen LogP contribution is -2.40. The highest BCUT2D eigenvalue weighted by atomic mass is 16.2. The molecule has 1 heterocycles. The fraction of sp³-hybridized carbons (Fsp3) is 0.286. The number of benzene rings is 1. The van der Waals surface area contributed by atoms with Gasteiger partial charge in [-0.15, -0.1) is 0 Å². The van der Waals surface area contributed by atoms with Crippen molar-refractivity contribution in [1.29, 1.82) is 0 Å². The van der Waals surface area contributed by atoms with Crippen LogP contribution in [0.5, 0.6) is 0 Å². The van der Waals surface area contributed by atoms with E-state index in [1.165, 1.54) is 0 Å². The number of hydrogen-bond donors (Lipinski definition) is 2. The molecule has 1 amide bonds. The van der Waals surface area contributed by atoms with Crippen molar-refractivity contribution in [3.8, 4) is 5.69 Å². The Bertz CT molecular complexity index is 595. The van der Waals surface area contributed by atoms with Gasteiger partial charge >= 0.3 is 0 Å². The monoisotopic (exact) mass is 258 g/mol. The van der Waals surface area contributed by atoms with Gasteiger partial charge in [0.05, 0.1) is 5.69 Å². The molecule has 0 atom stereocenters. The van der Waals surface area contributed by atoms with Gasteiger partial charge in [-0.25, -0.2) is 4.68 Å². The molecule has 0 saturated carbocycles. The van der Waals surface area contributed by atoms with Crippen molar-refractivity contribution in [3.63, 3.8) is 0 Å². The van der Waals surface area contributed by atoms with Crippen LogP contribution in [0.15, 0.2) is 36.5 Å². The fourth-order valence-corrected chi connectivity index (χ4v) is 1.66. The number of amides is 1. The average molecular weight is 258 g/mol. The van der Waals surface area contributed by atoms with Gasteiger partial charge in [-0.3, -0.25) is 4.79 Å². The number of nitrogens with one attached hydrogen (secondary N) is 1. The zero-order valence-corrected chi connectivity index (χ0v) is 11.3. The third-order valence-corrected chi connectivity index (χ3v) is 2.44. The van der Waals surface area contributed by atoms with E-state index in [1.54, 1.807) is 29.1 Å². The second-order valence-corrected chi connectivity index (χ2v) is 5.44. The summed E-state index contributed by atoms with van der Waals surface area (Å²) >= 11 is 0. The van der Waals surface area contributed by atoms with E-state index in [-0.39, 0.29) is 11.4 Å². The van der Waals surface area contributed by atoms with Gasteiger partial charge in [-0.1, -0.05) is 6.07 Å². The molecule has 100 valence electrons. The van der Waals surface area contributed by atoms with E-state index in [0.29, 0.717) is 11.4 Å². The largest absolute Gasteiger partial charge is 0.399 e. The molecule has 0 unspecified atom stereocenters. The number of carbonyl (C=O) groups excluding carboxylic acids is 1. The van der Waals surface area contributed by atoms with Gasteiger partial charge in [0.15, 0.2) is 5.69 Å². The minimum atomic E-state index is -0.280. The summed E-state index contributed by atoms with van der Waals surface area (Å²) in [6, 6.07) is 9.03. The molecule has 0 spiro atoms. The number of aromatic nitrogens is 2. The van der Waals surface area contributed by atoms with E-state index in [2.05, 4.69) is 10.4 Å². The van der Waals surface area contributed by atoms with E-state index in [1.807, 2.05) is 32.9 Å². The molecule has 0 aliphatic carbocycles. The highest BCUT2D eigenvalue weighted by Gasteiger charge is 2.17. The Balaban J connectivity index is 2.22. The van der Waals surface area contributed by atoms with Crippen molar-refractivity contribution in [1.82, 2.24) is 15.1 Å². The standard InChI is InChI=1S/C14H18N4O/c1-14(2,3)16-13(19)12-7-8-18(17-12)11-6-4-5-10(15)9-11/h4-9H,15H2,1-3H3,(H,16,19). The Kier molecular flexibility index (Phi) is 3.29. The van der Waals surface area contributed by atoms with Crippen LogP contribution in [0.1, 0.15) is 31.3 Å². The molecule has 0 aliphatic rings. The predicted molar refractivity (Wildman–Crippen MR) is 75.2 cm³/mol. The fourth-order valence-electron chi connectivity index (χ4n) is 1.66. The zero-order chi connectivity index (χ0) is 14.0.